The Bertz CT molecular complexity index is 622. The van der Waals surface area contributed by atoms with E-state index in [1.807, 2.05) is 24.3 Å². The number of hydrogen-bond acceptors (Lipinski definition) is 2. The highest BCUT2D eigenvalue weighted by atomic mass is 35.5. The van der Waals surface area contributed by atoms with Gasteiger partial charge in [-0.25, -0.2) is 4.39 Å². The van der Waals surface area contributed by atoms with Crippen LogP contribution in [0.3, 0.4) is 0 Å². The van der Waals surface area contributed by atoms with Crippen LogP contribution in [0, 0.1) is 5.82 Å². The van der Waals surface area contributed by atoms with E-state index in [9.17, 15) is 4.39 Å². The summed E-state index contributed by atoms with van der Waals surface area (Å²) in [4.78, 5) is 1.97. The average molecular weight is 324 g/mol. The molecule has 0 heterocycles. The van der Waals surface area contributed by atoms with Gasteiger partial charge in [0.05, 0.1) is 0 Å². The number of benzene rings is 2. The van der Waals surface area contributed by atoms with Crippen molar-refractivity contribution in [3.05, 3.63) is 58.9 Å². The normalized spacial score (nSPS) is 11.7. The summed E-state index contributed by atoms with van der Waals surface area (Å²) in [6, 6.07) is 12.4. The Morgan fingerprint density at radius 2 is 1.90 bits per heavy atom. The van der Waals surface area contributed by atoms with E-state index in [0.717, 1.165) is 21.9 Å². The average Bonchev–Trinajstić information content (AvgIpc) is 2.38. The van der Waals surface area contributed by atoms with E-state index in [4.69, 9.17) is 11.6 Å². The van der Waals surface area contributed by atoms with Crippen molar-refractivity contribution in [3.63, 3.8) is 0 Å². The second-order valence-corrected chi connectivity index (χ2v) is 7.47. The second kappa shape index (κ2) is 6.82. The lowest BCUT2D eigenvalue weighted by Crippen LogP contribution is -2.35. The first-order valence-electron chi connectivity index (χ1n) is 6.80. The molecule has 0 fully saturated rings. The molecular formula is C17H19ClFNS. The predicted molar refractivity (Wildman–Crippen MR) is 88.6 cm³/mol. The van der Waals surface area contributed by atoms with Crippen molar-refractivity contribution in [3.8, 4) is 0 Å². The van der Waals surface area contributed by atoms with Crippen molar-refractivity contribution in [2.24, 2.45) is 0 Å². The quantitative estimate of drug-likeness (QED) is 0.795. The molecule has 0 unspecified atom stereocenters. The molecule has 0 saturated heterocycles. The summed E-state index contributed by atoms with van der Waals surface area (Å²) in [6.07, 6.45) is 0. The lowest BCUT2D eigenvalue weighted by atomic mass is 10.1. The zero-order valence-electron chi connectivity index (χ0n) is 12.4. The standard InChI is InChI=1S/C17H19ClFNS/c1-17(2,3)20-11-12-9-13(18)7-8-16(12)21-15-6-4-5-14(19)10-15/h4-10,20H,11H2,1-3H3. The van der Waals surface area contributed by atoms with Crippen LogP contribution in [0.25, 0.3) is 0 Å². The van der Waals surface area contributed by atoms with Crippen LogP contribution in [0.2, 0.25) is 5.02 Å². The Morgan fingerprint density at radius 1 is 1.14 bits per heavy atom. The zero-order chi connectivity index (χ0) is 15.5. The van der Waals surface area contributed by atoms with E-state index in [0.29, 0.717) is 5.02 Å². The highest BCUT2D eigenvalue weighted by Crippen LogP contribution is 2.32. The van der Waals surface area contributed by atoms with Gasteiger partial charge in [0.25, 0.3) is 0 Å². The molecule has 0 atom stereocenters. The summed E-state index contributed by atoms with van der Waals surface area (Å²) in [5.74, 6) is -0.219. The molecule has 0 radical (unpaired) electrons. The molecule has 2 aromatic rings. The first-order valence-corrected chi connectivity index (χ1v) is 8.00. The molecule has 0 amide bonds. The first kappa shape index (κ1) is 16.3. The zero-order valence-corrected chi connectivity index (χ0v) is 14.0. The molecule has 0 aromatic heterocycles. The van der Waals surface area contributed by atoms with Crippen molar-refractivity contribution in [2.45, 2.75) is 42.6 Å². The molecule has 2 rings (SSSR count). The van der Waals surface area contributed by atoms with Gasteiger partial charge < -0.3 is 5.32 Å². The maximum absolute atomic E-state index is 13.3. The van der Waals surface area contributed by atoms with Gasteiger partial charge in [0.2, 0.25) is 0 Å². The Labute approximate surface area is 134 Å². The van der Waals surface area contributed by atoms with Crippen LogP contribution in [0.15, 0.2) is 52.3 Å². The molecule has 0 aliphatic rings. The smallest absolute Gasteiger partial charge is 0.124 e. The SMILES string of the molecule is CC(C)(C)NCc1cc(Cl)ccc1Sc1cccc(F)c1. The van der Waals surface area contributed by atoms with E-state index in [1.54, 1.807) is 23.9 Å². The summed E-state index contributed by atoms with van der Waals surface area (Å²) in [6.45, 7) is 7.09. The minimum absolute atomic E-state index is 0.0309. The third-order valence-corrected chi connectivity index (χ3v) is 4.20. The lowest BCUT2D eigenvalue weighted by molar-refractivity contribution is 0.422. The van der Waals surface area contributed by atoms with E-state index >= 15 is 0 Å². The topological polar surface area (TPSA) is 12.0 Å². The molecule has 1 N–H and O–H groups in total. The summed E-state index contributed by atoms with van der Waals surface area (Å²) in [5, 5.41) is 4.17. The largest absolute Gasteiger partial charge is 0.308 e. The Balaban J connectivity index is 2.22. The van der Waals surface area contributed by atoms with Gasteiger partial charge in [0.1, 0.15) is 5.82 Å². The number of nitrogens with one attached hydrogen (secondary N) is 1. The fraction of sp³-hybridized carbons (Fsp3) is 0.294. The molecule has 0 spiro atoms. The van der Waals surface area contributed by atoms with Crippen molar-refractivity contribution in [2.75, 3.05) is 0 Å². The molecule has 2 aromatic carbocycles. The van der Waals surface area contributed by atoms with Crippen molar-refractivity contribution in [1.29, 1.82) is 0 Å². The minimum atomic E-state index is -0.219. The van der Waals surface area contributed by atoms with Crippen LogP contribution >= 0.6 is 23.4 Å². The Morgan fingerprint density at radius 3 is 2.57 bits per heavy atom. The highest BCUT2D eigenvalue weighted by Gasteiger charge is 2.12. The molecule has 0 aliphatic heterocycles. The molecule has 112 valence electrons. The molecule has 21 heavy (non-hydrogen) atoms. The monoisotopic (exact) mass is 323 g/mol. The maximum atomic E-state index is 13.3. The molecule has 1 nitrogen and oxygen atoms in total. The van der Waals surface area contributed by atoms with Crippen molar-refractivity contribution < 1.29 is 4.39 Å². The van der Waals surface area contributed by atoms with Crippen molar-refractivity contribution in [1.82, 2.24) is 5.32 Å². The highest BCUT2D eigenvalue weighted by molar-refractivity contribution is 7.99. The van der Waals surface area contributed by atoms with Crippen LogP contribution < -0.4 is 5.32 Å². The summed E-state index contributed by atoms with van der Waals surface area (Å²) in [7, 11) is 0. The van der Waals surface area contributed by atoms with Gasteiger partial charge in [-0.2, -0.15) is 0 Å². The molecule has 0 bridgehead atoms. The van der Waals surface area contributed by atoms with Crippen molar-refractivity contribution >= 4 is 23.4 Å². The van der Waals surface area contributed by atoms with E-state index in [2.05, 4.69) is 26.1 Å². The second-order valence-electron chi connectivity index (χ2n) is 5.92. The van der Waals surface area contributed by atoms with Crippen LogP contribution in [-0.2, 0) is 6.54 Å². The van der Waals surface area contributed by atoms with Crippen LogP contribution in [0.4, 0.5) is 4.39 Å². The molecular weight excluding hydrogens is 305 g/mol. The van der Waals surface area contributed by atoms with Gasteiger partial charge in [0, 0.05) is 26.9 Å². The third-order valence-electron chi connectivity index (χ3n) is 2.86. The molecule has 4 heteroatoms. The predicted octanol–water partition coefficient (Wildman–Crippen LogP) is 5.52. The fourth-order valence-corrected chi connectivity index (χ4v) is 2.97. The Kier molecular flexibility index (Phi) is 5.31. The Hall–Kier alpha value is -1.03. The van der Waals surface area contributed by atoms with Crippen LogP contribution in [-0.4, -0.2) is 5.54 Å². The number of halogens is 2. The van der Waals surface area contributed by atoms with E-state index in [-0.39, 0.29) is 11.4 Å². The van der Waals surface area contributed by atoms with E-state index < -0.39 is 0 Å². The van der Waals surface area contributed by atoms with Gasteiger partial charge in [-0.05, 0) is 62.7 Å². The van der Waals surface area contributed by atoms with Gasteiger partial charge in [0.15, 0.2) is 0 Å². The van der Waals surface area contributed by atoms with Gasteiger partial charge in [-0.15, -0.1) is 0 Å². The third kappa shape index (κ3) is 5.34. The fourth-order valence-electron chi connectivity index (χ4n) is 1.80. The van der Waals surface area contributed by atoms with Gasteiger partial charge in [-0.3, -0.25) is 0 Å². The minimum Gasteiger partial charge on any atom is -0.308 e. The maximum Gasteiger partial charge on any atom is 0.124 e. The number of rotatable bonds is 4. The van der Waals surface area contributed by atoms with Gasteiger partial charge in [-0.1, -0.05) is 29.4 Å². The van der Waals surface area contributed by atoms with E-state index in [1.165, 1.54) is 6.07 Å². The summed E-state index contributed by atoms with van der Waals surface area (Å²) in [5.41, 5.74) is 1.15. The summed E-state index contributed by atoms with van der Waals surface area (Å²) < 4.78 is 13.3. The molecule has 0 saturated carbocycles. The first-order chi connectivity index (χ1) is 9.83. The van der Waals surface area contributed by atoms with Crippen LogP contribution in [0.5, 0.6) is 0 Å². The molecule has 0 aliphatic carbocycles. The van der Waals surface area contributed by atoms with Crippen LogP contribution in [0.1, 0.15) is 26.3 Å². The number of hydrogen-bond donors (Lipinski definition) is 1. The van der Waals surface area contributed by atoms with Gasteiger partial charge >= 0.3 is 0 Å². The summed E-state index contributed by atoms with van der Waals surface area (Å²) >= 11 is 7.65. The lowest BCUT2D eigenvalue weighted by Gasteiger charge is -2.21.